The van der Waals surface area contributed by atoms with Crippen LogP contribution in [0.4, 0.5) is 0 Å². The molecule has 5 unspecified atom stereocenters. The monoisotopic (exact) mass is 403 g/mol. The summed E-state index contributed by atoms with van der Waals surface area (Å²) in [5, 5.41) is 38.8. The Morgan fingerprint density at radius 1 is 1.24 bits per heavy atom. The highest BCUT2D eigenvalue weighted by atomic mass is 16.5. The molecule has 0 amide bonds. The van der Waals surface area contributed by atoms with Crippen LogP contribution in [0.25, 0.3) is 0 Å². The summed E-state index contributed by atoms with van der Waals surface area (Å²) in [7, 11) is 0. The van der Waals surface area contributed by atoms with E-state index >= 15 is 0 Å². The van der Waals surface area contributed by atoms with E-state index in [0.29, 0.717) is 32.1 Å². The number of hydroxylamine groups is 1. The van der Waals surface area contributed by atoms with Crippen molar-refractivity contribution in [3.63, 3.8) is 0 Å². The van der Waals surface area contributed by atoms with E-state index in [1.165, 1.54) is 5.56 Å². The van der Waals surface area contributed by atoms with Crippen molar-refractivity contribution < 1.29 is 25.3 Å². The van der Waals surface area contributed by atoms with Crippen LogP contribution in [-0.4, -0.2) is 44.7 Å². The van der Waals surface area contributed by atoms with Gasteiger partial charge in [-0.1, -0.05) is 54.6 Å². The molecule has 1 aliphatic carbocycles. The fourth-order valence-corrected chi connectivity index (χ4v) is 3.93. The van der Waals surface area contributed by atoms with Crippen LogP contribution in [0.1, 0.15) is 44.1 Å². The van der Waals surface area contributed by atoms with Crippen molar-refractivity contribution in [2.45, 2.75) is 63.2 Å². The van der Waals surface area contributed by atoms with Gasteiger partial charge in [-0.3, -0.25) is 4.79 Å². The Labute approximate surface area is 172 Å². The van der Waals surface area contributed by atoms with Crippen LogP contribution < -0.4 is 5.48 Å². The summed E-state index contributed by atoms with van der Waals surface area (Å²) < 4.78 is 0. The lowest BCUT2D eigenvalue weighted by atomic mass is 9.89. The van der Waals surface area contributed by atoms with Gasteiger partial charge in [0.2, 0.25) is 0 Å². The maximum absolute atomic E-state index is 10.5. The maximum Gasteiger partial charge on any atom is 0.303 e. The molecule has 1 aromatic carbocycles. The van der Waals surface area contributed by atoms with Gasteiger partial charge in [0, 0.05) is 18.4 Å². The number of carboxylic acids is 1. The first-order valence-electron chi connectivity index (χ1n) is 10.4. The summed E-state index contributed by atoms with van der Waals surface area (Å²) in [6.07, 6.45) is 10.4. The highest BCUT2D eigenvalue weighted by molar-refractivity contribution is 5.66. The summed E-state index contributed by atoms with van der Waals surface area (Å²) in [5.74, 6) is -0.949. The summed E-state index contributed by atoms with van der Waals surface area (Å²) >= 11 is 0. The average molecular weight is 404 g/mol. The zero-order chi connectivity index (χ0) is 21.1. The second-order valence-corrected chi connectivity index (χ2v) is 7.75. The number of aliphatic hydroxyl groups is 2. The molecule has 5 N–H and O–H groups in total. The van der Waals surface area contributed by atoms with Crippen LogP contribution in [0.3, 0.4) is 0 Å². The van der Waals surface area contributed by atoms with Crippen LogP contribution in [0.15, 0.2) is 54.6 Å². The number of carboxylic acid groups (broad SMARTS) is 1. The van der Waals surface area contributed by atoms with Crippen molar-refractivity contribution in [1.82, 2.24) is 5.48 Å². The number of aliphatic hydroxyl groups excluding tert-OH is 2. The van der Waals surface area contributed by atoms with Crippen molar-refractivity contribution in [1.29, 1.82) is 0 Å². The molecule has 0 aromatic heterocycles. The molecule has 0 aliphatic heterocycles. The normalized spacial score (nSPS) is 25.8. The zero-order valence-corrected chi connectivity index (χ0v) is 16.7. The number of unbranched alkanes of at least 4 members (excludes halogenated alkanes) is 1. The lowest BCUT2D eigenvalue weighted by molar-refractivity contribution is -0.137. The molecule has 5 atom stereocenters. The van der Waals surface area contributed by atoms with Crippen LogP contribution >= 0.6 is 0 Å². The van der Waals surface area contributed by atoms with E-state index < -0.39 is 18.2 Å². The van der Waals surface area contributed by atoms with Gasteiger partial charge >= 0.3 is 5.97 Å². The van der Waals surface area contributed by atoms with Crippen LogP contribution in [0.5, 0.6) is 0 Å². The van der Waals surface area contributed by atoms with E-state index in [9.17, 15) is 20.2 Å². The van der Waals surface area contributed by atoms with Gasteiger partial charge < -0.3 is 20.5 Å². The molecule has 6 nitrogen and oxygen atoms in total. The van der Waals surface area contributed by atoms with Crippen molar-refractivity contribution >= 4 is 5.97 Å². The van der Waals surface area contributed by atoms with Crippen molar-refractivity contribution in [3.8, 4) is 0 Å². The third-order valence-electron chi connectivity index (χ3n) is 5.58. The lowest BCUT2D eigenvalue weighted by Crippen LogP contribution is -2.30. The number of hydrogen-bond acceptors (Lipinski definition) is 5. The minimum atomic E-state index is -0.794. The Morgan fingerprint density at radius 2 is 2.00 bits per heavy atom. The number of hydrogen-bond donors (Lipinski definition) is 5. The molecule has 0 saturated heterocycles. The Hall–Kier alpha value is -1.99. The Balaban J connectivity index is 1.87. The SMILES string of the molecule is O=C(O)CCC/C=C/CC1C(O)CC(NO)C1/C=C/C(O)CCc1ccccc1. The Morgan fingerprint density at radius 3 is 2.69 bits per heavy atom. The first-order chi connectivity index (χ1) is 14.0. The highest BCUT2D eigenvalue weighted by Crippen LogP contribution is 2.36. The standard InChI is InChI=1S/C23H33NO5/c25-18(13-12-17-8-4-3-5-9-17)14-15-19-20(22(26)16-21(19)24-29)10-6-1-2-7-11-23(27)28/h1,3-6,8-9,14-15,18-22,24-26,29H,2,7,10-13,16H2,(H,27,28)/b6-1+,15-14+. The number of carbonyl (C=O) groups is 1. The molecule has 0 radical (unpaired) electrons. The molecule has 2 rings (SSSR count). The summed E-state index contributed by atoms with van der Waals surface area (Å²) in [5.41, 5.74) is 3.47. The predicted molar refractivity (Wildman–Crippen MR) is 111 cm³/mol. The Kier molecular flexibility index (Phi) is 10.1. The molecule has 0 spiro atoms. The second-order valence-electron chi connectivity index (χ2n) is 7.75. The van der Waals surface area contributed by atoms with Crippen molar-refractivity contribution in [2.75, 3.05) is 0 Å². The third-order valence-corrected chi connectivity index (χ3v) is 5.58. The van der Waals surface area contributed by atoms with E-state index in [1.54, 1.807) is 6.08 Å². The minimum absolute atomic E-state index is 0.0621. The number of aliphatic carboxylic acids is 1. The first kappa shape index (κ1) is 23.3. The molecule has 1 saturated carbocycles. The summed E-state index contributed by atoms with van der Waals surface area (Å²) in [6.45, 7) is 0. The second kappa shape index (κ2) is 12.5. The fourth-order valence-electron chi connectivity index (χ4n) is 3.93. The zero-order valence-electron chi connectivity index (χ0n) is 16.7. The quantitative estimate of drug-likeness (QED) is 0.208. The van der Waals surface area contributed by atoms with Crippen LogP contribution in [-0.2, 0) is 11.2 Å². The van der Waals surface area contributed by atoms with Gasteiger partial charge in [-0.15, -0.1) is 0 Å². The van der Waals surface area contributed by atoms with Crippen molar-refractivity contribution in [3.05, 3.63) is 60.2 Å². The van der Waals surface area contributed by atoms with Gasteiger partial charge in [-0.2, -0.15) is 0 Å². The molecule has 6 heteroatoms. The van der Waals surface area contributed by atoms with E-state index in [0.717, 1.165) is 6.42 Å². The van der Waals surface area contributed by atoms with E-state index in [4.69, 9.17) is 5.11 Å². The molecular weight excluding hydrogens is 370 g/mol. The molecule has 1 aromatic rings. The molecule has 0 heterocycles. The molecular formula is C23H33NO5. The number of allylic oxidation sites excluding steroid dienone is 2. The molecule has 29 heavy (non-hydrogen) atoms. The van der Waals surface area contributed by atoms with Gasteiger partial charge in [-0.25, -0.2) is 5.48 Å². The lowest BCUT2D eigenvalue weighted by Gasteiger charge is -2.21. The molecule has 0 bridgehead atoms. The fraction of sp³-hybridized carbons (Fsp3) is 0.522. The maximum atomic E-state index is 10.5. The molecule has 1 fully saturated rings. The van der Waals surface area contributed by atoms with E-state index in [2.05, 4.69) is 5.48 Å². The largest absolute Gasteiger partial charge is 0.481 e. The van der Waals surface area contributed by atoms with Crippen molar-refractivity contribution in [2.24, 2.45) is 11.8 Å². The molecule has 1 aliphatic rings. The van der Waals surface area contributed by atoms with Gasteiger partial charge in [-0.05, 0) is 50.0 Å². The van der Waals surface area contributed by atoms with Gasteiger partial charge in [0.1, 0.15) is 0 Å². The topological polar surface area (TPSA) is 110 Å². The highest BCUT2D eigenvalue weighted by Gasteiger charge is 2.40. The van der Waals surface area contributed by atoms with Gasteiger partial charge in [0.25, 0.3) is 0 Å². The smallest absolute Gasteiger partial charge is 0.303 e. The predicted octanol–water partition coefficient (Wildman–Crippen LogP) is 3.08. The van der Waals surface area contributed by atoms with Crippen LogP contribution in [0, 0.1) is 11.8 Å². The number of nitrogens with one attached hydrogen (secondary N) is 1. The number of rotatable bonds is 12. The van der Waals surface area contributed by atoms with E-state index in [-0.39, 0.29) is 24.3 Å². The van der Waals surface area contributed by atoms with Gasteiger partial charge in [0.05, 0.1) is 12.2 Å². The van der Waals surface area contributed by atoms with Crippen LogP contribution in [0.2, 0.25) is 0 Å². The van der Waals surface area contributed by atoms with Gasteiger partial charge in [0.15, 0.2) is 0 Å². The van der Waals surface area contributed by atoms with E-state index in [1.807, 2.05) is 48.6 Å². The third kappa shape index (κ3) is 8.11. The molecule has 160 valence electrons. The Bertz CT molecular complexity index is 660. The minimum Gasteiger partial charge on any atom is -0.481 e. The number of aryl methyl sites for hydroxylation is 1. The average Bonchev–Trinajstić information content (AvgIpc) is 3.02. The first-order valence-corrected chi connectivity index (χ1v) is 10.4. The summed E-state index contributed by atoms with van der Waals surface area (Å²) in [4.78, 5) is 10.5. The number of benzene rings is 1. The summed E-state index contributed by atoms with van der Waals surface area (Å²) in [6, 6.07) is 9.74.